The van der Waals surface area contributed by atoms with Crippen LogP contribution in [0.1, 0.15) is 25.0 Å². The lowest BCUT2D eigenvalue weighted by atomic mass is 10.0. The zero-order valence-corrected chi connectivity index (χ0v) is 9.41. The molecule has 1 aliphatic rings. The first-order valence-corrected chi connectivity index (χ1v) is 6.13. The minimum atomic E-state index is 0.606. The number of rotatable bonds is 2. The van der Waals surface area contributed by atoms with Gasteiger partial charge in [0.25, 0.3) is 0 Å². The maximum atomic E-state index is 5.83. The molecular formula is C14H17NO. The summed E-state index contributed by atoms with van der Waals surface area (Å²) in [6.07, 6.45) is 4.96. The average Bonchev–Trinajstić information content (AvgIpc) is 2.72. The van der Waals surface area contributed by atoms with Crippen LogP contribution in [-0.4, -0.2) is 12.6 Å². The van der Waals surface area contributed by atoms with E-state index in [0.29, 0.717) is 6.04 Å². The fourth-order valence-electron chi connectivity index (χ4n) is 2.48. The van der Waals surface area contributed by atoms with Gasteiger partial charge in [0, 0.05) is 17.8 Å². The van der Waals surface area contributed by atoms with Crippen LogP contribution in [0.5, 0.6) is 0 Å². The second-order valence-electron chi connectivity index (χ2n) is 4.60. The van der Waals surface area contributed by atoms with Gasteiger partial charge < -0.3 is 9.73 Å². The molecule has 1 aromatic carbocycles. The highest BCUT2D eigenvalue weighted by Crippen LogP contribution is 2.21. The van der Waals surface area contributed by atoms with Crippen LogP contribution in [0.3, 0.4) is 0 Å². The zero-order valence-electron chi connectivity index (χ0n) is 9.41. The van der Waals surface area contributed by atoms with Crippen molar-refractivity contribution < 1.29 is 4.42 Å². The lowest BCUT2D eigenvalue weighted by Gasteiger charge is -2.22. The molecule has 3 rings (SSSR count). The fourth-order valence-corrected chi connectivity index (χ4v) is 2.48. The second kappa shape index (κ2) is 4.30. The Morgan fingerprint density at radius 1 is 1.25 bits per heavy atom. The molecule has 1 saturated heterocycles. The lowest BCUT2D eigenvalue weighted by Crippen LogP contribution is -2.35. The summed E-state index contributed by atoms with van der Waals surface area (Å²) in [5.74, 6) is 1.11. The van der Waals surface area contributed by atoms with E-state index in [0.717, 1.165) is 24.3 Å². The number of furan rings is 1. The highest BCUT2D eigenvalue weighted by molar-refractivity contribution is 5.77. The van der Waals surface area contributed by atoms with Crippen LogP contribution >= 0.6 is 0 Å². The molecule has 0 bridgehead atoms. The number of piperidine rings is 1. The summed E-state index contributed by atoms with van der Waals surface area (Å²) in [5, 5.41) is 4.77. The third-order valence-electron chi connectivity index (χ3n) is 3.34. The van der Waals surface area contributed by atoms with Crippen LogP contribution in [0, 0.1) is 0 Å². The molecule has 2 nitrogen and oxygen atoms in total. The number of fused-ring (bicyclic) bond motifs is 1. The van der Waals surface area contributed by atoms with E-state index in [1.165, 1.54) is 24.6 Å². The molecule has 2 heterocycles. The summed E-state index contributed by atoms with van der Waals surface area (Å²) in [5.41, 5.74) is 1.01. The number of benzene rings is 1. The Kier molecular flexibility index (Phi) is 2.66. The molecule has 1 atom stereocenters. The standard InChI is InChI=1S/C14H17NO/c1-2-7-14-11(5-1)9-13(16-14)10-12-6-3-4-8-15-12/h1-2,5,7,9,12,15H,3-4,6,8,10H2. The summed E-state index contributed by atoms with van der Waals surface area (Å²) < 4.78 is 5.83. The highest BCUT2D eigenvalue weighted by Gasteiger charge is 2.15. The van der Waals surface area contributed by atoms with E-state index in [2.05, 4.69) is 23.5 Å². The summed E-state index contributed by atoms with van der Waals surface area (Å²) in [6.45, 7) is 1.16. The number of hydrogen-bond donors (Lipinski definition) is 1. The van der Waals surface area contributed by atoms with Gasteiger partial charge in [-0.3, -0.25) is 0 Å². The third kappa shape index (κ3) is 1.98. The summed E-state index contributed by atoms with van der Waals surface area (Å²) in [7, 11) is 0. The second-order valence-corrected chi connectivity index (χ2v) is 4.60. The van der Waals surface area contributed by atoms with Gasteiger partial charge in [0.1, 0.15) is 11.3 Å². The molecule has 1 aliphatic heterocycles. The smallest absolute Gasteiger partial charge is 0.134 e. The number of nitrogens with one attached hydrogen (secondary N) is 1. The first kappa shape index (κ1) is 9.91. The van der Waals surface area contributed by atoms with Gasteiger partial charge in [-0.15, -0.1) is 0 Å². The predicted molar refractivity (Wildman–Crippen MR) is 65.6 cm³/mol. The van der Waals surface area contributed by atoms with Crippen molar-refractivity contribution in [3.8, 4) is 0 Å². The molecule has 0 spiro atoms. The van der Waals surface area contributed by atoms with E-state index < -0.39 is 0 Å². The first-order valence-electron chi connectivity index (χ1n) is 6.13. The van der Waals surface area contributed by atoms with Gasteiger partial charge in [0.05, 0.1) is 0 Å². The molecule has 0 amide bonds. The molecule has 0 saturated carbocycles. The Morgan fingerprint density at radius 2 is 2.19 bits per heavy atom. The van der Waals surface area contributed by atoms with Crippen molar-refractivity contribution in [2.75, 3.05) is 6.54 Å². The molecule has 84 valence electrons. The SMILES string of the molecule is c1ccc2oc(CC3CCCCN3)cc2c1. The summed E-state index contributed by atoms with van der Waals surface area (Å²) in [6, 6.07) is 11.0. The zero-order chi connectivity index (χ0) is 10.8. The topological polar surface area (TPSA) is 25.2 Å². The van der Waals surface area contributed by atoms with Crippen molar-refractivity contribution in [1.29, 1.82) is 0 Å². The maximum Gasteiger partial charge on any atom is 0.134 e. The van der Waals surface area contributed by atoms with E-state index in [1.807, 2.05) is 12.1 Å². The van der Waals surface area contributed by atoms with Gasteiger partial charge in [-0.1, -0.05) is 24.6 Å². The highest BCUT2D eigenvalue weighted by atomic mass is 16.3. The Hall–Kier alpha value is -1.28. The van der Waals surface area contributed by atoms with Crippen molar-refractivity contribution in [3.05, 3.63) is 36.1 Å². The van der Waals surface area contributed by atoms with Crippen molar-refractivity contribution in [2.24, 2.45) is 0 Å². The Bertz CT molecular complexity index is 435. The molecule has 2 aromatic rings. The van der Waals surface area contributed by atoms with Gasteiger partial charge >= 0.3 is 0 Å². The van der Waals surface area contributed by atoms with Crippen LogP contribution in [0.4, 0.5) is 0 Å². The van der Waals surface area contributed by atoms with Crippen molar-refractivity contribution in [1.82, 2.24) is 5.32 Å². The van der Waals surface area contributed by atoms with E-state index in [9.17, 15) is 0 Å². The van der Waals surface area contributed by atoms with Crippen molar-refractivity contribution >= 4 is 11.0 Å². The lowest BCUT2D eigenvalue weighted by molar-refractivity contribution is 0.378. The van der Waals surface area contributed by atoms with Crippen LogP contribution in [0.25, 0.3) is 11.0 Å². The molecular weight excluding hydrogens is 198 g/mol. The average molecular weight is 215 g/mol. The van der Waals surface area contributed by atoms with E-state index in [4.69, 9.17) is 4.42 Å². The van der Waals surface area contributed by atoms with Gasteiger partial charge in [-0.2, -0.15) is 0 Å². The third-order valence-corrected chi connectivity index (χ3v) is 3.34. The molecule has 1 unspecified atom stereocenters. The molecule has 2 heteroatoms. The van der Waals surface area contributed by atoms with E-state index in [-0.39, 0.29) is 0 Å². The van der Waals surface area contributed by atoms with Crippen LogP contribution < -0.4 is 5.32 Å². The van der Waals surface area contributed by atoms with Crippen LogP contribution in [0.2, 0.25) is 0 Å². The first-order chi connectivity index (χ1) is 7.92. The van der Waals surface area contributed by atoms with Crippen molar-refractivity contribution in [2.45, 2.75) is 31.7 Å². The summed E-state index contributed by atoms with van der Waals surface area (Å²) >= 11 is 0. The van der Waals surface area contributed by atoms with Gasteiger partial charge in [0.15, 0.2) is 0 Å². The predicted octanol–water partition coefficient (Wildman–Crippen LogP) is 3.12. The maximum absolute atomic E-state index is 5.83. The van der Waals surface area contributed by atoms with Gasteiger partial charge in [-0.05, 0) is 31.5 Å². The van der Waals surface area contributed by atoms with Crippen LogP contribution in [-0.2, 0) is 6.42 Å². The molecule has 0 aliphatic carbocycles. The minimum Gasteiger partial charge on any atom is -0.461 e. The molecule has 1 N–H and O–H groups in total. The molecule has 16 heavy (non-hydrogen) atoms. The molecule has 1 aromatic heterocycles. The quantitative estimate of drug-likeness (QED) is 0.832. The minimum absolute atomic E-state index is 0.606. The Morgan fingerprint density at radius 3 is 3.00 bits per heavy atom. The Balaban J connectivity index is 1.78. The molecule has 1 fully saturated rings. The molecule has 0 radical (unpaired) electrons. The normalized spacial score (nSPS) is 21.4. The fraction of sp³-hybridized carbons (Fsp3) is 0.429. The monoisotopic (exact) mass is 215 g/mol. The van der Waals surface area contributed by atoms with Gasteiger partial charge in [0.2, 0.25) is 0 Å². The number of hydrogen-bond acceptors (Lipinski definition) is 2. The summed E-state index contributed by atoms with van der Waals surface area (Å²) in [4.78, 5) is 0. The largest absolute Gasteiger partial charge is 0.461 e. The van der Waals surface area contributed by atoms with E-state index in [1.54, 1.807) is 0 Å². The van der Waals surface area contributed by atoms with E-state index >= 15 is 0 Å². The van der Waals surface area contributed by atoms with Crippen molar-refractivity contribution in [3.63, 3.8) is 0 Å². The number of para-hydroxylation sites is 1. The Labute approximate surface area is 95.6 Å². The van der Waals surface area contributed by atoms with Gasteiger partial charge in [-0.25, -0.2) is 0 Å². The van der Waals surface area contributed by atoms with Crippen LogP contribution in [0.15, 0.2) is 34.7 Å².